The first-order valence-electron chi connectivity index (χ1n) is 7.26. The van der Waals surface area contributed by atoms with Crippen LogP contribution in [-0.4, -0.2) is 5.91 Å². The fourth-order valence-electron chi connectivity index (χ4n) is 2.02. The highest BCUT2D eigenvalue weighted by atomic mass is 16.1. The first-order valence-corrected chi connectivity index (χ1v) is 7.26. The number of rotatable bonds is 5. The number of aryl methyl sites for hydroxylation is 1. The van der Waals surface area contributed by atoms with E-state index in [9.17, 15) is 4.79 Å². The molecule has 2 N–H and O–H groups in total. The second-order valence-electron chi connectivity index (χ2n) is 5.71. The van der Waals surface area contributed by atoms with Gasteiger partial charge in [-0.15, -0.1) is 0 Å². The van der Waals surface area contributed by atoms with E-state index in [1.54, 1.807) is 0 Å². The largest absolute Gasteiger partial charge is 0.356 e. The zero-order chi connectivity index (χ0) is 15.2. The lowest BCUT2D eigenvalue weighted by Crippen LogP contribution is -2.13. The minimum absolute atomic E-state index is 0.0595. The Labute approximate surface area is 126 Å². The number of nitrogens with one attached hydrogen (secondary N) is 2. The van der Waals surface area contributed by atoms with Crippen molar-refractivity contribution in [3.63, 3.8) is 0 Å². The van der Waals surface area contributed by atoms with Crippen molar-refractivity contribution in [1.82, 2.24) is 0 Å². The van der Waals surface area contributed by atoms with Crippen molar-refractivity contribution < 1.29 is 4.79 Å². The van der Waals surface area contributed by atoms with Crippen LogP contribution >= 0.6 is 0 Å². The summed E-state index contributed by atoms with van der Waals surface area (Å²) in [5.41, 5.74) is 4.12. The molecule has 0 aliphatic heterocycles. The Hall–Kier alpha value is -2.29. The highest BCUT2D eigenvalue weighted by molar-refractivity contribution is 5.91. The second kappa shape index (κ2) is 6.93. The molecule has 0 aromatic heterocycles. The summed E-state index contributed by atoms with van der Waals surface area (Å²) in [5.74, 6) is 0.428. The second-order valence-corrected chi connectivity index (χ2v) is 5.71. The van der Waals surface area contributed by atoms with Gasteiger partial charge in [-0.25, -0.2) is 0 Å². The number of benzene rings is 2. The third-order valence-corrected chi connectivity index (χ3v) is 3.10. The normalized spacial score (nSPS) is 10.5. The summed E-state index contributed by atoms with van der Waals surface area (Å²) in [4.78, 5) is 11.7. The fourth-order valence-corrected chi connectivity index (χ4v) is 2.02. The van der Waals surface area contributed by atoms with E-state index in [0.717, 1.165) is 17.1 Å². The van der Waals surface area contributed by atoms with Gasteiger partial charge in [0, 0.05) is 23.5 Å². The average molecular weight is 282 g/mol. The molecule has 110 valence electrons. The molecule has 0 spiro atoms. The standard InChI is InChI=1S/C18H22N2O/c1-13(2)12-18(21)20-17-10-8-16(9-11-17)19-15-6-4-14(3)5-7-15/h4-11,13,19H,12H2,1-3H3,(H,20,21). The first-order chi connectivity index (χ1) is 10.0. The highest BCUT2D eigenvalue weighted by Crippen LogP contribution is 2.19. The van der Waals surface area contributed by atoms with Crippen LogP contribution in [0, 0.1) is 12.8 Å². The molecule has 21 heavy (non-hydrogen) atoms. The zero-order valence-electron chi connectivity index (χ0n) is 12.8. The van der Waals surface area contributed by atoms with Crippen LogP contribution in [0.1, 0.15) is 25.8 Å². The molecule has 1 amide bonds. The Balaban J connectivity index is 1.95. The summed E-state index contributed by atoms with van der Waals surface area (Å²) in [5, 5.41) is 6.24. The van der Waals surface area contributed by atoms with Crippen LogP contribution in [-0.2, 0) is 4.79 Å². The van der Waals surface area contributed by atoms with Gasteiger partial charge in [0.15, 0.2) is 0 Å². The minimum Gasteiger partial charge on any atom is -0.356 e. The summed E-state index contributed by atoms with van der Waals surface area (Å²) in [6, 6.07) is 16.0. The molecule has 3 heteroatoms. The van der Waals surface area contributed by atoms with Crippen molar-refractivity contribution >= 4 is 23.0 Å². The predicted molar refractivity (Wildman–Crippen MR) is 89.0 cm³/mol. The third kappa shape index (κ3) is 4.95. The Morgan fingerprint density at radius 1 is 0.905 bits per heavy atom. The van der Waals surface area contributed by atoms with E-state index in [1.807, 2.05) is 50.2 Å². The topological polar surface area (TPSA) is 41.1 Å². The molecule has 0 bridgehead atoms. The molecular weight excluding hydrogens is 260 g/mol. The van der Waals surface area contributed by atoms with Crippen LogP contribution in [0.2, 0.25) is 0 Å². The molecule has 0 aliphatic carbocycles. The first kappa shape index (κ1) is 15.1. The third-order valence-electron chi connectivity index (χ3n) is 3.10. The number of carbonyl (C=O) groups is 1. The molecule has 0 aliphatic rings. The van der Waals surface area contributed by atoms with Crippen LogP contribution in [0.3, 0.4) is 0 Å². The van der Waals surface area contributed by atoms with Crippen molar-refractivity contribution in [1.29, 1.82) is 0 Å². The van der Waals surface area contributed by atoms with Gasteiger partial charge in [-0.3, -0.25) is 4.79 Å². The summed E-state index contributed by atoms with van der Waals surface area (Å²) in [6.45, 7) is 6.14. The molecule has 0 radical (unpaired) electrons. The Bertz CT molecular complexity index is 586. The van der Waals surface area contributed by atoms with Gasteiger partial charge < -0.3 is 10.6 Å². The molecule has 0 unspecified atom stereocenters. The molecular formula is C18H22N2O. The van der Waals surface area contributed by atoms with E-state index < -0.39 is 0 Å². The number of amides is 1. The Morgan fingerprint density at radius 2 is 1.38 bits per heavy atom. The van der Waals surface area contributed by atoms with Crippen molar-refractivity contribution in [3.05, 3.63) is 54.1 Å². The zero-order valence-corrected chi connectivity index (χ0v) is 12.8. The van der Waals surface area contributed by atoms with Gasteiger partial charge in [0.05, 0.1) is 0 Å². The maximum Gasteiger partial charge on any atom is 0.224 e. The quantitative estimate of drug-likeness (QED) is 0.833. The summed E-state index contributed by atoms with van der Waals surface area (Å²) in [7, 11) is 0. The van der Waals surface area contributed by atoms with Crippen LogP contribution in [0.5, 0.6) is 0 Å². The maximum atomic E-state index is 11.7. The Kier molecular flexibility index (Phi) is 4.99. The van der Waals surface area contributed by atoms with Gasteiger partial charge in [-0.1, -0.05) is 31.5 Å². The number of carbonyl (C=O) groups excluding carboxylic acids is 1. The molecule has 0 heterocycles. The minimum atomic E-state index is 0.0595. The fraction of sp³-hybridized carbons (Fsp3) is 0.278. The Morgan fingerprint density at radius 3 is 1.90 bits per heavy atom. The maximum absolute atomic E-state index is 11.7. The van der Waals surface area contributed by atoms with Gasteiger partial charge in [0.2, 0.25) is 5.91 Å². The number of anilines is 3. The molecule has 0 fully saturated rings. The predicted octanol–water partition coefficient (Wildman–Crippen LogP) is 4.72. The van der Waals surface area contributed by atoms with E-state index >= 15 is 0 Å². The monoisotopic (exact) mass is 282 g/mol. The van der Waals surface area contributed by atoms with E-state index in [2.05, 4.69) is 29.7 Å². The summed E-state index contributed by atoms with van der Waals surface area (Å²) in [6.07, 6.45) is 0.545. The van der Waals surface area contributed by atoms with Crippen LogP contribution < -0.4 is 10.6 Å². The van der Waals surface area contributed by atoms with E-state index in [-0.39, 0.29) is 5.91 Å². The van der Waals surface area contributed by atoms with Gasteiger partial charge >= 0.3 is 0 Å². The van der Waals surface area contributed by atoms with E-state index in [0.29, 0.717) is 12.3 Å². The average Bonchev–Trinajstić information content (AvgIpc) is 2.42. The van der Waals surface area contributed by atoms with Crippen molar-refractivity contribution in [3.8, 4) is 0 Å². The van der Waals surface area contributed by atoms with Crippen LogP contribution in [0.4, 0.5) is 17.1 Å². The van der Waals surface area contributed by atoms with Gasteiger partial charge in [-0.05, 0) is 49.2 Å². The molecule has 0 saturated heterocycles. The van der Waals surface area contributed by atoms with E-state index in [1.165, 1.54) is 5.56 Å². The number of hydrogen-bond acceptors (Lipinski definition) is 2. The smallest absolute Gasteiger partial charge is 0.224 e. The van der Waals surface area contributed by atoms with E-state index in [4.69, 9.17) is 0 Å². The lowest BCUT2D eigenvalue weighted by atomic mass is 10.1. The molecule has 0 saturated carbocycles. The number of hydrogen-bond donors (Lipinski definition) is 2. The van der Waals surface area contributed by atoms with Crippen LogP contribution in [0.15, 0.2) is 48.5 Å². The molecule has 3 nitrogen and oxygen atoms in total. The van der Waals surface area contributed by atoms with Gasteiger partial charge in [0.1, 0.15) is 0 Å². The molecule has 0 atom stereocenters. The highest BCUT2D eigenvalue weighted by Gasteiger charge is 2.05. The van der Waals surface area contributed by atoms with Gasteiger partial charge in [-0.2, -0.15) is 0 Å². The van der Waals surface area contributed by atoms with Crippen molar-refractivity contribution in [2.75, 3.05) is 10.6 Å². The summed E-state index contributed by atoms with van der Waals surface area (Å²) < 4.78 is 0. The van der Waals surface area contributed by atoms with Crippen molar-refractivity contribution in [2.45, 2.75) is 27.2 Å². The van der Waals surface area contributed by atoms with Crippen molar-refractivity contribution in [2.24, 2.45) is 5.92 Å². The van der Waals surface area contributed by atoms with Crippen LogP contribution in [0.25, 0.3) is 0 Å². The molecule has 2 aromatic carbocycles. The van der Waals surface area contributed by atoms with Gasteiger partial charge in [0.25, 0.3) is 0 Å². The molecule has 2 aromatic rings. The molecule has 2 rings (SSSR count). The lowest BCUT2D eigenvalue weighted by molar-refractivity contribution is -0.116. The summed E-state index contributed by atoms with van der Waals surface area (Å²) >= 11 is 0. The lowest BCUT2D eigenvalue weighted by Gasteiger charge is -2.10. The SMILES string of the molecule is Cc1ccc(Nc2ccc(NC(=O)CC(C)C)cc2)cc1.